The summed E-state index contributed by atoms with van der Waals surface area (Å²) in [4.78, 5) is 8.71. The van der Waals surface area contributed by atoms with Crippen LogP contribution in [0.15, 0.2) is 30.5 Å². The van der Waals surface area contributed by atoms with E-state index < -0.39 is 0 Å². The predicted octanol–water partition coefficient (Wildman–Crippen LogP) is 2.18. The van der Waals surface area contributed by atoms with Crippen molar-refractivity contribution >= 4 is 0 Å². The van der Waals surface area contributed by atoms with E-state index in [2.05, 4.69) is 9.97 Å². The first-order valence-electron chi connectivity index (χ1n) is 5.46. The van der Waals surface area contributed by atoms with Crippen LogP contribution in [0, 0.1) is 6.92 Å². The Morgan fingerprint density at radius 2 is 1.88 bits per heavy atom. The van der Waals surface area contributed by atoms with E-state index in [4.69, 9.17) is 5.73 Å². The Balaban J connectivity index is 2.41. The Morgan fingerprint density at radius 1 is 1.24 bits per heavy atom. The molecular formula is C13H15N3O. The lowest BCUT2D eigenvalue weighted by atomic mass is 10.1. The van der Waals surface area contributed by atoms with Crippen LogP contribution in [0.5, 0.6) is 5.75 Å². The molecule has 1 aromatic carbocycles. The van der Waals surface area contributed by atoms with Crippen molar-refractivity contribution in [3.8, 4) is 17.1 Å². The van der Waals surface area contributed by atoms with Gasteiger partial charge in [0.1, 0.15) is 5.75 Å². The standard InChI is InChI=1S/C13H15N3O/c1-8(14)12-7-15-13(16-9(12)2)10-3-5-11(17)6-4-10/h3-8,17H,14H2,1-2H3. The largest absolute Gasteiger partial charge is 0.508 e. The molecule has 0 saturated heterocycles. The highest BCUT2D eigenvalue weighted by Crippen LogP contribution is 2.20. The van der Waals surface area contributed by atoms with Gasteiger partial charge in [0, 0.05) is 29.1 Å². The summed E-state index contributed by atoms with van der Waals surface area (Å²) in [7, 11) is 0. The normalized spacial score (nSPS) is 12.4. The molecule has 1 atom stereocenters. The monoisotopic (exact) mass is 229 g/mol. The number of benzene rings is 1. The molecule has 0 bridgehead atoms. The molecule has 4 nitrogen and oxygen atoms in total. The van der Waals surface area contributed by atoms with Crippen molar-refractivity contribution in [2.45, 2.75) is 19.9 Å². The maximum absolute atomic E-state index is 9.22. The fourth-order valence-electron chi connectivity index (χ4n) is 1.67. The van der Waals surface area contributed by atoms with Crippen molar-refractivity contribution in [3.63, 3.8) is 0 Å². The van der Waals surface area contributed by atoms with Gasteiger partial charge in [0.15, 0.2) is 5.82 Å². The van der Waals surface area contributed by atoms with Crippen LogP contribution in [0.2, 0.25) is 0 Å². The summed E-state index contributed by atoms with van der Waals surface area (Å²) < 4.78 is 0. The van der Waals surface area contributed by atoms with E-state index in [1.807, 2.05) is 13.8 Å². The molecule has 4 heteroatoms. The highest BCUT2D eigenvalue weighted by molar-refractivity contribution is 5.56. The predicted molar refractivity (Wildman–Crippen MR) is 66.5 cm³/mol. The van der Waals surface area contributed by atoms with E-state index in [0.29, 0.717) is 5.82 Å². The van der Waals surface area contributed by atoms with E-state index in [1.165, 1.54) is 0 Å². The summed E-state index contributed by atoms with van der Waals surface area (Å²) in [5.41, 5.74) is 8.53. The second kappa shape index (κ2) is 4.51. The lowest BCUT2D eigenvalue weighted by Gasteiger charge is -2.09. The maximum Gasteiger partial charge on any atom is 0.159 e. The van der Waals surface area contributed by atoms with Crippen LogP contribution in [-0.2, 0) is 0 Å². The van der Waals surface area contributed by atoms with Crippen molar-refractivity contribution in [1.29, 1.82) is 0 Å². The van der Waals surface area contributed by atoms with Crippen molar-refractivity contribution in [3.05, 3.63) is 41.7 Å². The second-order valence-electron chi connectivity index (χ2n) is 4.07. The Kier molecular flexibility index (Phi) is 3.06. The first kappa shape index (κ1) is 11.5. The number of phenolic OH excluding ortho intramolecular Hbond substituents is 1. The van der Waals surface area contributed by atoms with E-state index in [9.17, 15) is 5.11 Å². The van der Waals surface area contributed by atoms with Gasteiger partial charge in [-0.25, -0.2) is 9.97 Å². The number of aromatic nitrogens is 2. The molecule has 0 radical (unpaired) electrons. The van der Waals surface area contributed by atoms with E-state index in [-0.39, 0.29) is 11.8 Å². The number of aryl methyl sites for hydroxylation is 1. The molecule has 2 aromatic rings. The van der Waals surface area contributed by atoms with Crippen molar-refractivity contribution in [2.24, 2.45) is 5.73 Å². The Hall–Kier alpha value is -1.94. The summed E-state index contributed by atoms with van der Waals surface area (Å²) in [5, 5.41) is 9.22. The van der Waals surface area contributed by atoms with Crippen LogP contribution in [0.25, 0.3) is 11.4 Å². The van der Waals surface area contributed by atoms with Gasteiger partial charge in [-0.3, -0.25) is 0 Å². The molecule has 0 aliphatic rings. The van der Waals surface area contributed by atoms with Gasteiger partial charge in [-0.2, -0.15) is 0 Å². The van der Waals surface area contributed by atoms with Crippen LogP contribution in [0.4, 0.5) is 0 Å². The molecule has 3 N–H and O–H groups in total. The summed E-state index contributed by atoms with van der Waals surface area (Å²) >= 11 is 0. The quantitative estimate of drug-likeness (QED) is 0.827. The third kappa shape index (κ3) is 2.42. The summed E-state index contributed by atoms with van der Waals surface area (Å²) in [6, 6.07) is 6.75. The smallest absolute Gasteiger partial charge is 0.159 e. The van der Waals surface area contributed by atoms with Crippen LogP contribution in [-0.4, -0.2) is 15.1 Å². The van der Waals surface area contributed by atoms with Crippen molar-refractivity contribution < 1.29 is 5.11 Å². The molecule has 1 aromatic heterocycles. The number of nitrogens with zero attached hydrogens (tertiary/aromatic N) is 2. The zero-order valence-electron chi connectivity index (χ0n) is 9.88. The Bertz CT molecular complexity index is 521. The average Bonchev–Trinajstić information content (AvgIpc) is 2.29. The maximum atomic E-state index is 9.22. The van der Waals surface area contributed by atoms with Gasteiger partial charge in [-0.05, 0) is 38.1 Å². The number of aromatic hydroxyl groups is 1. The fourth-order valence-corrected chi connectivity index (χ4v) is 1.67. The van der Waals surface area contributed by atoms with Crippen LogP contribution >= 0.6 is 0 Å². The Morgan fingerprint density at radius 3 is 2.41 bits per heavy atom. The summed E-state index contributed by atoms with van der Waals surface area (Å²) in [6.45, 7) is 3.83. The molecule has 1 heterocycles. The van der Waals surface area contributed by atoms with Crippen LogP contribution in [0.1, 0.15) is 24.2 Å². The van der Waals surface area contributed by atoms with Gasteiger partial charge < -0.3 is 10.8 Å². The zero-order valence-corrected chi connectivity index (χ0v) is 9.88. The van der Waals surface area contributed by atoms with Gasteiger partial charge in [0.25, 0.3) is 0 Å². The highest BCUT2D eigenvalue weighted by atomic mass is 16.3. The van der Waals surface area contributed by atoms with Gasteiger partial charge in [0.05, 0.1) is 0 Å². The van der Waals surface area contributed by atoms with Gasteiger partial charge >= 0.3 is 0 Å². The lowest BCUT2D eigenvalue weighted by Crippen LogP contribution is -2.09. The fraction of sp³-hybridized carbons (Fsp3) is 0.231. The minimum Gasteiger partial charge on any atom is -0.508 e. The topological polar surface area (TPSA) is 72.0 Å². The number of phenols is 1. The molecule has 0 aliphatic carbocycles. The van der Waals surface area contributed by atoms with E-state index in [1.54, 1.807) is 30.5 Å². The van der Waals surface area contributed by atoms with Crippen LogP contribution in [0.3, 0.4) is 0 Å². The highest BCUT2D eigenvalue weighted by Gasteiger charge is 2.08. The molecule has 0 fully saturated rings. The third-order valence-electron chi connectivity index (χ3n) is 2.63. The molecule has 0 aliphatic heterocycles. The molecule has 0 spiro atoms. The summed E-state index contributed by atoms with van der Waals surface area (Å²) in [6.07, 6.45) is 1.76. The van der Waals surface area contributed by atoms with E-state index in [0.717, 1.165) is 16.8 Å². The molecule has 2 rings (SSSR count). The van der Waals surface area contributed by atoms with Gasteiger partial charge in [-0.1, -0.05) is 0 Å². The second-order valence-corrected chi connectivity index (χ2v) is 4.07. The zero-order chi connectivity index (χ0) is 12.4. The van der Waals surface area contributed by atoms with Gasteiger partial charge in [-0.15, -0.1) is 0 Å². The SMILES string of the molecule is Cc1nc(-c2ccc(O)cc2)ncc1C(C)N. The first-order valence-corrected chi connectivity index (χ1v) is 5.46. The van der Waals surface area contributed by atoms with E-state index >= 15 is 0 Å². The number of nitrogens with two attached hydrogens (primary N) is 1. The number of hydrogen-bond donors (Lipinski definition) is 2. The molecule has 0 amide bonds. The molecule has 88 valence electrons. The number of hydrogen-bond acceptors (Lipinski definition) is 4. The molecule has 0 saturated carbocycles. The summed E-state index contributed by atoms with van der Waals surface area (Å²) in [5.74, 6) is 0.879. The first-order chi connectivity index (χ1) is 8.08. The lowest BCUT2D eigenvalue weighted by molar-refractivity contribution is 0.475. The minimum absolute atomic E-state index is 0.0659. The van der Waals surface area contributed by atoms with Crippen LogP contribution < -0.4 is 5.73 Å². The third-order valence-corrected chi connectivity index (χ3v) is 2.63. The van der Waals surface area contributed by atoms with Gasteiger partial charge in [0.2, 0.25) is 0 Å². The number of rotatable bonds is 2. The minimum atomic E-state index is -0.0659. The molecule has 17 heavy (non-hydrogen) atoms. The van der Waals surface area contributed by atoms with Crippen molar-refractivity contribution in [1.82, 2.24) is 9.97 Å². The Labute approximate surface area is 100 Å². The average molecular weight is 229 g/mol. The molecular weight excluding hydrogens is 214 g/mol. The molecule has 1 unspecified atom stereocenters. The van der Waals surface area contributed by atoms with Crippen molar-refractivity contribution in [2.75, 3.05) is 0 Å².